The van der Waals surface area contributed by atoms with Gasteiger partial charge in [0.15, 0.2) is 0 Å². The number of aryl methyl sites for hydroxylation is 6. The first kappa shape index (κ1) is 27.1. The topological polar surface area (TPSA) is 36.9 Å². The molecule has 0 fully saturated rings. The molecule has 0 aliphatic carbocycles. The maximum atomic E-state index is 6.50. The van der Waals surface area contributed by atoms with Gasteiger partial charge in [0.2, 0.25) is 0 Å². The van der Waals surface area contributed by atoms with Crippen molar-refractivity contribution in [1.82, 2.24) is 0 Å². The van der Waals surface area contributed by atoms with E-state index in [4.69, 9.17) is 18.9 Å². The highest BCUT2D eigenvalue weighted by atomic mass is 16.6. The molecule has 1 heterocycles. The lowest BCUT2D eigenvalue weighted by molar-refractivity contribution is -0.147. The summed E-state index contributed by atoms with van der Waals surface area (Å²) in [4.78, 5) is 0. The Labute approximate surface area is 222 Å². The van der Waals surface area contributed by atoms with E-state index in [9.17, 15) is 0 Å². The van der Waals surface area contributed by atoms with Crippen LogP contribution in [0, 0.1) is 41.5 Å². The summed E-state index contributed by atoms with van der Waals surface area (Å²) in [6, 6.07) is 19.5. The third-order valence-electron chi connectivity index (χ3n) is 6.49. The molecule has 0 amide bonds. The first-order chi connectivity index (χ1) is 17.7. The lowest BCUT2D eigenvalue weighted by Gasteiger charge is -2.34. The summed E-state index contributed by atoms with van der Waals surface area (Å²) in [7, 11) is 0. The third-order valence-corrected chi connectivity index (χ3v) is 6.49. The van der Waals surface area contributed by atoms with Gasteiger partial charge in [-0.15, -0.1) is 0 Å². The first-order valence-electron chi connectivity index (χ1n) is 13.1. The van der Waals surface area contributed by atoms with Crippen LogP contribution in [-0.2, 0) is 38.8 Å². The Kier molecular flexibility index (Phi) is 9.20. The minimum atomic E-state index is -0.295. The molecule has 37 heavy (non-hydrogen) atoms. The summed E-state index contributed by atoms with van der Waals surface area (Å²) >= 11 is 0. The van der Waals surface area contributed by atoms with Gasteiger partial charge in [0, 0.05) is 0 Å². The molecule has 0 saturated carbocycles. The molecule has 0 unspecified atom stereocenters. The fourth-order valence-electron chi connectivity index (χ4n) is 5.24. The molecule has 0 aromatic heterocycles. The Balaban J connectivity index is 1.45. The molecule has 196 valence electrons. The molecule has 1 aliphatic rings. The van der Waals surface area contributed by atoms with Crippen LogP contribution in [0.15, 0.2) is 66.9 Å². The normalized spacial score (nSPS) is 19.1. The van der Waals surface area contributed by atoms with Crippen molar-refractivity contribution in [3.8, 4) is 0 Å². The molecular weight excluding hydrogens is 460 g/mol. The Morgan fingerprint density at radius 2 is 1.00 bits per heavy atom. The van der Waals surface area contributed by atoms with Crippen LogP contribution < -0.4 is 0 Å². The fraction of sp³-hybridized carbons (Fsp3) is 0.394. The highest BCUT2D eigenvalue weighted by Gasteiger charge is 2.34. The van der Waals surface area contributed by atoms with Gasteiger partial charge in [0.25, 0.3) is 0 Å². The fourth-order valence-corrected chi connectivity index (χ4v) is 5.24. The van der Waals surface area contributed by atoms with Crippen molar-refractivity contribution < 1.29 is 18.9 Å². The summed E-state index contributed by atoms with van der Waals surface area (Å²) < 4.78 is 25.1. The molecule has 1 aliphatic heterocycles. The van der Waals surface area contributed by atoms with Gasteiger partial charge in [0.1, 0.15) is 18.3 Å². The smallest absolute Gasteiger partial charge is 0.150 e. The van der Waals surface area contributed by atoms with Crippen molar-refractivity contribution in [3.05, 3.63) is 117 Å². The summed E-state index contributed by atoms with van der Waals surface area (Å²) in [5.74, 6) is 0. The SMILES string of the molecule is Cc1cc(C)cc(COC[C@H]2OC=C[C@@H](OCc3cc(C)cc(C)c3)[C@@H]2OCc2cc(C)cc(C)c2)c1. The molecule has 4 rings (SSSR count). The molecule has 0 N–H and O–H groups in total. The molecule has 0 radical (unpaired) electrons. The van der Waals surface area contributed by atoms with Crippen molar-refractivity contribution in [2.45, 2.75) is 79.7 Å². The van der Waals surface area contributed by atoms with E-state index in [1.54, 1.807) is 6.26 Å². The minimum absolute atomic E-state index is 0.240. The van der Waals surface area contributed by atoms with Crippen LogP contribution in [0.1, 0.15) is 50.1 Å². The Bertz CT molecular complexity index is 1170. The molecule has 0 bridgehead atoms. The molecule has 3 atom stereocenters. The lowest BCUT2D eigenvalue weighted by Crippen LogP contribution is -2.45. The van der Waals surface area contributed by atoms with Crippen LogP contribution in [0.25, 0.3) is 0 Å². The van der Waals surface area contributed by atoms with Gasteiger partial charge in [-0.05, 0) is 64.3 Å². The number of benzene rings is 3. The average Bonchev–Trinajstić information content (AvgIpc) is 2.80. The quantitative estimate of drug-likeness (QED) is 0.297. The van der Waals surface area contributed by atoms with Crippen molar-refractivity contribution in [3.63, 3.8) is 0 Å². The molecule has 4 nitrogen and oxygen atoms in total. The number of hydrogen-bond donors (Lipinski definition) is 0. The number of ether oxygens (including phenoxy) is 4. The van der Waals surface area contributed by atoms with Crippen molar-refractivity contribution >= 4 is 0 Å². The van der Waals surface area contributed by atoms with Gasteiger partial charge in [0.05, 0.1) is 32.7 Å². The number of hydrogen-bond acceptors (Lipinski definition) is 4. The summed E-state index contributed by atoms with van der Waals surface area (Å²) in [6.45, 7) is 14.6. The van der Waals surface area contributed by atoms with E-state index in [-0.39, 0.29) is 18.3 Å². The second-order valence-electron chi connectivity index (χ2n) is 10.6. The lowest BCUT2D eigenvalue weighted by atomic mass is 10.0. The second-order valence-corrected chi connectivity index (χ2v) is 10.6. The van der Waals surface area contributed by atoms with Crippen LogP contribution in [0.4, 0.5) is 0 Å². The Morgan fingerprint density at radius 1 is 0.568 bits per heavy atom. The van der Waals surface area contributed by atoms with E-state index in [1.165, 1.54) is 38.9 Å². The van der Waals surface area contributed by atoms with Gasteiger partial charge in [-0.2, -0.15) is 0 Å². The third kappa shape index (κ3) is 8.03. The maximum Gasteiger partial charge on any atom is 0.150 e. The van der Waals surface area contributed by atoms with Gasteiger partial charge in [-0.25, -0.2) is 0 Å². The van der Waals surface area contributed by atoms with Crippen LogP contribution in [0.2, 0.25) is 0 Å². The predicted molar refractivity (Wildman–Crippen MR) is 149 cm³/mol. The highest BCUT2D eigenvalue weighted by Crippen LogP contribution is 2.24. The van der Waals surface area contributed by atoms with Crippen molar-refractivity contribution in [1.29, 1.82) is 0 Å². The van der Waals surface area contributed by atoms with E-state index >= 15 is 0 Å². The highest BCUT2D eigenvalue weighted by molar-refractivity contribution is 5.29. The van der Waals surface area contributed by atoms with Gasteiger partial charge in [-0.3, -0.25) is 0 Å². The van der Waals surface area contributed by atoms with E-state index in [0.29, 0.717) is 26.4 Å². The van der Waals surface area contributed by atoms with Crippen LogP contribution >= 0.6 is 0 Å². The van der Waals surface area contributed by atoms with Crippen molar-refractivity contribution in [2.75, 3.05) is 6.61 Å². The zero-order valence-corrected chi connectivity index (χ0v) is 23.0. The molecule has 0 saturated heterocycles. The maximum absolute atomic E-state index is 6.50. The van der Waals surface area contributed by atoms with Crippen LogP contribution in [0.3, 0.4) is 0 Å². The molecule has 3 aromatic rings. The average molecular weight is 501 g/mol. The summed E-state index contributed by atoms with van der Waals surface area (Å²) in [5, 5.41) is 0. The number of rotatable bonds is 10. The minimum Gasteiger partial charge on any atom is -0.493 e. The monoisotopic (exact) mass is 500 g/mol. The largest absolute Gasteiger partial charge is 0.493 e. The molecule has 0 spiro atoms. The van der Waals surface area contributed by atoms with Crippen molar-refractivity contribution in [2.24, 2.45) is 0 Å². The standard InChI is InChI=1S/C33H40O4/c1-22-9-23(2)13-28(12-22)18-34-21-32-33(37-20-30-16-26(5)11-27(6)17-30)31(7-8-35-32)36-19-29-14-24(3)10-25(4)15-29/h7-17,31-33H,18-21H2,1-6H3/t31-,32-,33+/m1/s1. The van der Waals surface area contributed by atoms with E-state index in [0.717, 1.165) is 11.1 Å². The first-order valence-corrected chi connectivity index (χ1v) is 13.1. The van der Waals surface area contributed by atoms with Crippen LogP contribution in [-0.4, -0.2) is 24.9 Å². The summed E-state index contributed by atoms with van der Waals surface area (Å²) in [6.07, 6.45) is 2.88. The molecule has 3 aromatic carbocycles. The Morgan fingerprint density at radius 3 is 1.49 bits per heavy atom. The molecule has 4 heteroatoms. The Hall–Kier alpha value is -2.92. The van der Waals surface area contributed by atoms with E-state index in [1.807, 2.05) is 6.08 Å². The van der Waals surface area contributed by atoms with E-state index < -0.39 is 0 Å². The van der Waals surface area contributed by atoms with E-state index in [2.05, 4.69) is 96.1 Å². The summed E-state index contributed by atoms with van der Waals surface area (Å²) in [5.41, 5.74) is 10.9. The predicted octanol–water partition coefficient (Wildman–Crippen LogP) is 7.14. The zero-order valence-electron chi connectivity index (χ0n) is 23.0. The van der Waals surface area contributed by atoms with Gasteiger partial charge in [-0.1, -0.05) is 88.0 Å². The second kappa shape index (κ2) is 12.6. The molecular formula is C33H40O4. The van der Waals surface area contributed by atoms with Gasteiger partial charge >= 0.3 is 0 Å². The zero-order chi connectivity index (χ0) is 26.4. The van der Waals surface area contributed by atoms with Crippen LogP contribution in [0.5, 0.6) is 0 Å². The van der Waals surface area contributed by atoms with Gasteiger partial charge < -0.3 is 18.9 Å².